The molecule has 0 atom stereocenters. The van der Waals surface area contributed by atoms with E-state index in [1.54, 1.807) is 18.2 Å². The molecule has 2 heterocycles. The van der Waals surface area contributed by atoms with Crippen LogP contribution in [-0.2, 0) is 16.1 Å². The minimum Gasteiger partial charge on any atom is -0.450 e. The van der Waals surface area contributed by atoms with Crippen LogP contribution >= 0.6 is 0 Å². The van der Waals surface area contributed by atoms with Crippen molar-refractivity contribution < 1.29 is 14.3 Å². The van der Waals surface area contributed by atoms with Crippen molar-refractivity contribution in [3.05, 3.63) is 30.6 Å². The van der Waals surface area contributed by atoms with E-state index in [1.165, 1.54) is 0 Å². The first kappa shape index (κ1) is 17.3. The summed E-state index contributed by atoms with van der Waals surface area (Å²) >= 11 is 0. The van der Waals surface area contributed by atoms with Crippen molar-refractivity contribution in [1.29, 1.82) is 0 Å². The Morgan fingerprint density at radius 1 is 1.28 bits per heavy atom. The van der Waals surface area contributed by atoms with Crippen LogP contribution in [0.25, 0.3) is 11.0 Å². The number of piperidine rings is 1. The second-order valence-corrected chi connectivity index (χ2v) is 6.20. The molecule has 0 bridgehead atoms. The molecule has 134 valence electrons. The van der Waals surface area contributed by atoms with Crippen LogP contribution in [0.4, 0.5) is 4.79 Å². The molecule has 0 saturated carbocycles. The number of rotatable bonds is 5. The summed E-state index contributed by atoms with van der Waals surface area (Å²) in [6.07, 6.45) is 3.45. The summed E-state index contributed by atoms with van der Waals surface area (Å²) < 4.78 is 7.00. The van der Waals surface area contributed by atoms with E-state index in [4.69, 9.17) is 4.74 Å². The Kier molecular flexibility index (Phi) is 5.53. The summed E-state index contributed by atoms with van der Waals surface area (Å²) in [5.41, 5.74) is 1.98. The van der Waals surface area contributed by atoms with Crippen LogP contribution in [0.15, 0.2) is 30.6 Å². The number of aromatic nitrogens is 2. The molecule has 3 rings (SSSR count). The van der Waals surface area contributed by atoms with E-state index >= 15 is 0 Å². The summed E-state index contributed by atoms with van der Waals surface area (Å²) in [6.45, 7) is 4.03. The zero-order valence-corrected chi connectivity index (χ0v) is 14.5. The average molecular weight is 344 g/mol. The third-order valence-corrected chi connectivity index (χ3v) is 4.49. The molecule has 1 aromatic heterocycles. The van der Waals surface area contributed by atoms with Gasteiger partial charge in [0.25, 0.3) is 0 Å². The number of para-hydroxylation sites is 2. The topological polar surface area (TPSA) is 76.5 Å². The van der Waals surface area contributed by atoms with Gasteiger partial charge in [0.2, 0.25) is 5.91 Å². The third kappa shape index (κ3) is 4.29. The zero-order valence-electron chi connectivity index (χ0n) is 14.5. The lowest BCUT2D eigenvalue weighted by molar-refractivity contribution is -0.122. The standard InChI is InChI=1S/C18H24N4O3/c1-2-25-18(24)21-10-7-14(8-11-21)20-17(23)9-12-22-13-19-15-5-3-4-6-16(15)22/h3-6,13-14H,2,7-12H2,1H3,(H,20,23). The number of imidazole rings is 1. The molecule has 1 aliphatic heterocycles. The number of carbonyl (C=O) groups is 2. The molecule has 2 aromatic rings. The van der Waals surface area contributed by atoms with Crippen LogP contribution in [0.5, 0.6) is 0 Å². The second kappa shape index (κ2) is 8.00. The fourth-order valence-electron chi connectivity index (χ4n) is 3.13. The van der Waals surface area contributed by atoms with Gasteiger partial charge in [-0.05, 0) is 31.9 Å². The van der Waals surface area contributed by atoms with Crippen molar-refractivity contribution in [1.82, 2.24) is 19.8 Å². The van der Waals surface area contributed by atoms with Gasteiger partial charge in [0.05, 0.1) is 24.0 Å². The smallest absolute Gasteiger partial charge is 0.409 e. The SMILES string of the molecule is CCOC(=O)N1CCC(NC(=O)CCn2cnc3ccccc32)CC1. The van der Waals surface area contributed by atoms with Crippen LogP contribution < -0.4 is 5.32 Å². The fourth-order valence-corrected chi connectivity index (χ4v) is 3.13. The average Bonchev–Trinajstić information content (AvgIpc) is 3.04. The van der Waals surface area contributed by atoms with Gasteiger partial charge in [0.15, 0.2) is 0 Å². The van der Waals surface area contributed by atoms with Crippen molar-refractivity contribution in [2.45, 2.75) is 38.8 Å². The van der Waals surface area contributed by atoms with Gasteiger partial charge in [-0.25, -0.2) is 9.78 Å². The minimum atomic E-state index is -0.265. The van der Waals surface area contributed by atoms with E-state index in [0.29, 0.717) is 32.7 Å². The highest BCUT2D eigenvalue weighted by Crippen LogP contribution is 2.13. The van der Waals surface area contributed by atoms with Gasteiger partial charge in [-0.2, -0.15) is 0 Å². The first-order valence-electron chi connectivity index (χ1n) is 8.78. The van der Waals surface area contributed by atoms with Crippen LogP contribution in [0, 0.1) is 0 Å². The lowest BCUT2D eigenvalue weighted by atomic mass is 10.1. The number of amides is 2. The number of likely N-dealkylation sites (tertiary alicyclic amines) is 1. The molecule has 1 aliphatic rings. The Bertz CT molecular complexity index is 735. The lowest BCUT2D eigenvalue weighted by Crippen LogP contribution is -2.46. The van der Waals surface area contributed by atoms with Crippen LogP contribution in [0.3, 0.4) is 0 Å². The molecule has 7 heteroatoms. The molecule has 25 heavy (non-hydrogen) atoms. The molecule has 1 saturated heterocycles. The molecule has 0 spiro atoms. The Hall–Kier alpha value is -2.57. The maximum absolute atomic E-state index is 12.2. The van der Waals surface area contributed by atoms with Crippen molar-refractivity contribution in [2.75, 3.05) is 19.7 Å². The van der Waals surface area contributed by atoms with Gasteiger partial charge < -0.3 is 19.5 Å². The molecule has 0 aliphatic carbocycles. The zero-order chi connectivity index (χ0) is 17.6. The van der Waals surface area contributed by atoms with Gasteiger partial charge >= 0.3 is 6.09 Å². The van der Waals surface area contributed by atoms with Crippen molar-refractivity contribution in [3.63, 3.8) is 0 Å². The number of aryl methyl sites for hydroxylation is 1. The molecule has 1 N–H and O–H groups in total. The summed E-state index contributed by atoms with van der Waals surface area (Å²) in [5, 5.41) is 3.07. The van der Waals surface area contributed by atoms with E-state index in [9.17, 15) is 9.59 Å². The molecule has 0 radical (unpaired) electrons. The number of hydrogen-bond donors (Lipinski definition) is 1. The third-order valence-electron chi connectivity index (χ3n) is 4.49. The van der Waals surface area contributed by atoms with Crippen molar-refractivity contribution >= 4 is 23.0 Å². The Morgan fingerprint density at radius 3 is 2.80 bits per heavy atom. The fraction of sp³-hybridized carbons (Fsp3) is 0.500. The van der Waals surface area contributed by atoms with E-state index in [1.807, 2.05) is 28.8 Å². The molecule has 1 aromatic carbocycles. The molecule has 0 unspecified atom stereocenters. The predicted molar refractivity (Wildman–Crippen MR) is 94.1 cm³/mol. The van der Waals surface area contributed by atoms with Gasteiger partial charge in [0, 0.05) is 32.1 Å². The Balaban J connectivity index is 1.44. The monoisotopic (exact) mass is 344 g/mol. The van der Waals surface area contributed by atoms with E-state index in [2.05, 4.69) is 10.3 Å². The maximum atomic E-state index is 12.2. The highest BCUT2D eigenvalue weighted by Gasteiger charge is 2.24. The minimum absolute atomic E-state index is 0.0346. The number of carbonyl (C=O) groups excluding carboxylic acids is 2. The van der Waals surface area contributed by atoms with E-state index < -0.39 is 0 Å². The van der Waals surface area contributed by atoms with E-state index in [0.717, 1.165) is 23.9 Å². The van der Waals surface area contributed by atoms with Crippen molar-refractivity contribution in [3.8, 4) is 0 Å². The molecule has 2 amide bonds. The van der Waals surface area contributed by atoms with Gasteiger partial charge in [-0.15, -0.1) is 0 Å². The molecular weight excluding hydrogens is 320 g/mol. The summed E-state index contributed by atoms with van der Waals surface area (Å²) in [5.74, 6) is 0.0346. The number of fused-ring (bicyclic) bond motifs is 1. The number of nitrogens with zero attached hydrogens (tertiary/aromatic N) is 3. The Morgan fingerprint density at radius 2 is 2.04 bits per heavy atom. The first-order chi connectivity index (χ1) is 12.2. The Labute approximate surface area is 147 Å². The van der Waals surface area contributed by atoms with Gasteiger partial charge in [-0.3, -0.25) is 4.79 Å². The van der Waals surface area contributed by atoms with Crippen LogP contribution in [0.1, 0.15) is 26.2 Å². The predicted octanol–water partition coefficient (Wildman–Crippen LogP) is 2.16. The summed E-state index contributed by atoms with van der Waals surface area (Å²) in [4.78, 5) is 29.9. The highest BCUT2D eigenvalue weighted by atomic mass is 16.6. The van der Waals surface area contributed by atoms with Crippen LogP contribution in [-0.4, -0.2) is 52.2 Å². The van der Waals surface area contributed by atoms with Gasteiger partial charge in [-0.1, -0.05) is 12.1 Å². The van der Waals surface area contributed by atoms with Crippen molar-refractivity contribution in [2.24, 2.45) is 0 Å². The largest absolute Gasteiger partial charge is 0.450 e. The maximum Gasteiger partial charge on any atom is 0.409 e. The summed E-state index contributed by atoms with van der Waals surface area (Å²) in [6, 6.07) is 8.01. The quantitative estimate of drug-likeness (QED) is 0.902. The molecule has 1 fully saturated rings. The van der Waals surface area contributed by atoms with Crippen LogP contribution in [0.2, 0.25) is 0 Å². The summed E-state index contributed by atoms with van der Waals surface area (Å²) in [7, 11) is 0. The number of nitrogens with one attached hydrogen (secondary N) is 1. The normalized spacial score (nSPS) is 15.3. The number of benzene rings is 1. The number of ether oxygens (including phenoxy) is 1. The molecular formula is C18H24N4O3. The lowest BCUT2D eigenvalue weighted by Gasteiger charge is -2.31. The molecule has 7 nitrogen and oxygen atoms in total. The van der Waals surface area contributed by atoms with Gasteiger partial charge in [0.1, 0.15) is 0 Å². The number of hydrogen-bond acceptors (Lipinski definition) is 4. The second-order valence-electron chi connectivity index (χ2n) is 6.20. The van der Waals surface area contributed by atoms with E-state index in [-0.39, 0.29) is 18.0 Å². The first-order valence-corrected chi connectivity index (χ1v) is 8.78. The highest BCUT2D eigenvalue weighted by molar-refractivity contribution is 5.77.